The van der Waals surface area contributed by atoms with Gasteiger partial charge in [-0.05, 0) is 76.8 Å². The highest BCUT2D eigenvalue weighted by molar-refractivity contribution is 6.04. The summed E-state index contributed by atoms with van der Waals surface area (Å²) < 4.78 is 9.64. The van der Waals surface area contributed by atoms with Crippen LogP contribution in [0.2, 0.25) is 0 Å². The molecule has 4 amide bonds. The molecule has 0 radical (unpaired) electrons. The van der Waals surface area contributed by atoms with Gasteiger partial charge in [0.1, 0.15) is 23.7 Å². The van der Waals surface area contributed by atoms with Crippen molar-refractivity contribution < 1.29 is 28.7 Å². The van der Waals surface area contributed by atoms with Crippen LogP contribution in [0.4, 0.5) is 9.59 Å². The van der Waals surface area contributed by atoms with Crippen molar-refractivity contribution in [3.8, 4) is 33.6 Å². The van der Waals surface area contributed by atoms with Gasteiger partial charge in [0, 0.05) is 17.6 Å². The van der Waals surface area contributed by atoms with E-state index in [4.69, 9.17) is 19.4 Å². The molecule has 1 unspecified atom stereocenters. The SMILES string of the molecule is COC(=O)NC(C(=O)N1[C@@H]2C[C@@H]2C[C@H]1c1ncc(-c2cccc3c(-c4ccc(-c5cnc([C@@H]6C[C@H]7C[C@H]7N6C(=O)[C@@H](NC(=O)OC)C(C)C)[nH]5)cc4)cccc23)[nH]1)C(C)C. The molecule has 14 heteroatoms. The van der Waals surface area contributed by atoms with Crippen LogP contribution in [0.15, 0.2) is 73.1 Å². The van der Waals surface area contributed by atoms with Gasteiger partial charge in [-0.15, -0.1) is 0 Å². The van der Waals surface area contributed by atoms with Gasteiger partial charge in [-0.1, -0.05) is 88.4 Å². The van der Waals surface area contributed by atoms with Crippen LogP contribution in [0.1, 0.15) is 77.1 Å². The maximum Gasteiger partial charge on any atom is 0.407 e. The van der Waals surface area contributed by atoms with E-state index in [-0.39, 0.29) is 47.8 Å². The molecule has 60 heavy (non-hydrogen) atoms. The number of ether oxygens (including phenoxy) is 2. The molecule has 5 aromatic rings. The van der Waals surface area contributed by atoms with Crippen molar-refractivity contribution in [3.63, 3.8) is 0 Å². The van der Waals surface area contributed by atoms with E-state index in [1.165, 1.54) is 14.2 Å². The number of piperidine rings is 2. The van der Waals surface area contributed by atoms with Crippen LogP contribution in [0.3, 0.4) is 0 Å². The minimum Gasteiger partial charge on any atom is -0.453 e. The Bertz CT molecular complexity index is 2460. The maximum absolute atomic E-state index is 13.9. The largest absolute Gasteiger partial charge is 0.453 e. The maximum atomic E-state index is 13.9. The monoisotopic (exact) mass is 812 g/mol. The molecule has 3 aromatic carbocycles. The molecule has 0 spiro atoms. The lowest BCUT2D eigenvalue weighted by molar-refractivity contribution is -0.137. The highest BCUT2D eigenvalue weighted by atomic mass is 16.5. The molecule has 8 atom stereocenters. The zero-order valence-corrected chi connectivity index (χ0v) is 34.8. The van der Waals surface area contributed by atoms with E-state index >= 15 is 0 Å². The predicted octanol–water partition coefficient (Wildman–Crippen LogP) is 7.37. The zero-order valence-electron chi connectivity index (χ0n) is 34.8. The standard InChI is InChI=1S/C46H52N8O6/c1-23(2)39(51-45(57)59-5)43(55)53-35-17-27(35)19-37(53)41-47-21-33(49-41)26-15-13-25(14-16-26)29-9-7-11-31-30(29)10-8-12-32(31)34-22-48-42(50-34)38-20-28-18-36(28)54(38)44(56)40(24(3)4)52-46(58)60-6/h7-16,21-24,27-28,35-40H,17-20H2,1-6H3,(H,47,49)(H,48,50)(H,51,57)(H,52,58)/t27-,28-,35-,36-,37+,38+,39+,40?/m1/s1. The summed E-state index contributed by atoms with van der Waals surface area (Å²) >= 11 is 0. The lowest BCUT2D eigenvalue weighted by Crippen LogP contribution is -2.52. The number of methoxy groups -OCH3 is 2. The molecule has 2 aliphatic carbocycles. The Kier molecular flexibility index (Phi) is 10.1. The lowest BCUT2D eigenvalue weighted by Gasteiger charge is -2.31. The van der Waals surface area contributed by atoms with Gasteiger partial charge in [0.2, 0.25) is 11.8 Å². The van der Waals surface area contributed by atoms with E-state index in [0.29, 0.717) is 11.8 Å². The number of rotatable bonds is 11. The van der Waals surface area contributed by atoms with Gasteiger partial charge < -0.3 is 39.9 Å². The fourth-order valence-electron chi connectivity index (χ4n) is 9.68. The number of nitrogens with one attached hydrogen (secondary N) is 4. The van der Waals surface area contributed by atoms with Crippen LogP contribution in [-0.4, -0.2) is 92.1 Å². The summed E-state index contributed by atoms with van der Waals surface area (Å²) in [7, 11) is 2.61. The third-order valence-corrected chi connectivity index (χ3v) is 13.0. The molecular formula is C46H52N8O6. The minimum absolute atomic E-state index is 0.103. The molecule has 4 fully saturated rings. The Balaban J connectivity index is 0.936. The number of nitrogens with zero attached hydrogens (tertiary/aromatic N) is 4. The Morgan fingerprint density at radius 1 is 0.617 bits per heavy atom. The van der Waals surface area contributed by atoms with Crippen LogP contribution in [0.25, 0.3) is 44.4 Å². The quantitative estimate of drug-likeness (QED) is 0.107. The number of likely N-dealkylation sites (tertiary alicyclic amines) is 2. The molecule has 0 bridgehead atoms. The van der Waals surface area contributed by atoms with Crippen molar-refractivity contribution in [3.05, 3.63) is 84.7 Å². The van der Waals surface area contributed by atoms with Crippen molar-refractivity contribution in [2.75, 3.05) is 14.2 Å². The number of carbonyl (C=O) groups is 4. The summed E-state index contributed by atoms with van der Waals surface area (Å²) in [5.41, 5.74) is 5.90. The molecular weight excluding hydrogens is 761 g/mol. The number of amides is 4. The number of carbonyl (C=O) groups excluding carboxylic acids is 4. The summed E-state index contributed by atoms with van der Waals surface area (Å²) in [6, 6.07) is 19.6. The van der Waals surface area contributed by atoms with Crippen LogP contribution in [0, 0.1) is 23.7 Å². The first-order valence-electron chi connectivity index (χ1n) is 21.0. The first kappa shape index (κ1) is 39.3. The van der Waals surface area contributed by atoms with Gasteiger partial charge in [-0.25, -0.2) is 19.6 Å². The molecule has 2 aromatic heterocycles. The van der Waals surface area contributed by atoms with E-state index in [1.807, 2.05) is 49.9 Å². The van der Waals surface area contributed by atoms with Crippen LogP contribution >= 0.6 is 0 Å². The second-order valence-electron chi connectivity index (χ2n) is 17.5. The second-order valence-corrected chi connectivity index (χ2v) is 17.5. The van der Waals surface area contributed by atoms with E-state index in [9.17, 15) is 19.2 Å². The minimum atomic E-state index is -0.691. The average Bonchev–Trinajstić information content (AvgIpc) is 3.84. The first-order valence-corrected chi connectivity index (χ1v) is 21.0. The highest BCUT2D eigenvalue weighted by Crippen LogP contribution is 2.54. The van der Waals surface area contributed by atoms with Gasteiger partial charge in [0.25, 0.3) is 0 Å². The summed E-state index contributed by atoms with van der Waals surface area (Å²) in [5, 5.41) is 7.67. The topological polar surface area (TPSA) is 175 Å². The van der Waals surface area contributed by atoms with Gasteiger partial charge in [0.15, 0.2) is 0 Å². The number of hydrogen-bond acceptors (Lipinski definition) is 8. The van der Waals surface area contributed by atoms with Gasteiger partial charge >= 0.3 is 12.2 Å². The van der Waals surface area contributed by atoms with Crippen molar-refractivity contribution in [1.29, 1.82) is 0 Å². The first-order chi connectivity index (χ1) is 28.9. The van der Waals surface area contributed by atoms with Crippen LogP contribution < -0.4 is 10.6 Å². The predicted molar refractivity (Wildman–Crippen MR) is 225 cm³/mol. The van der Waals surface area contributed by atoms with Gasteiger partial charge in [0.05, 0.1) is 50.1 Å². The number of aromatic amines is 2. The van der Waals surface area contributed by atoms with Crippen molar-refractivity contribution >= 4 is 34.8 Å². The number of H-pyrrole nitrogens is 2. The molecule has 2 saturated heterocycles. The summed E-state index contributed by atoms with van der Waals surface area (Å²) in [5.74, 6) is 1.94. The number of benzene rings is 3. The van der Waals surface area contributed by atoms with E-state index in [1.54, 1.807) is 0 Å². The third-order valence-electron chi connectivity index (χ3n) is 13.0. The number of aromatic nitrogens is 4. The van der Waals surface area contributed by atoms with Crippen molar-refractivity contribution in [2.24, 2.45) is 23.7 Å². The zero-order chi connectivity index (χ0) is 42.0. The number of fused-ring (bicyclic) bond motifs is 3. The fraction of sp³-hybridized carbons (Fsp3) is 0.435. The van der Waals surface area contributed by atoms with Crippen LogP contribution in [0.5, 0.6) is 0 Å². The number of alkyl carbamates (subject to hydrolysis) is 2. The molecule has 312 valence electrons. The van der Waals surface area contributed by atoms with Crippen molar-refractivity contribution in [1.82, 2.24) is 40.4 Å². The Morgan fingerprint density at radius 3 is 1.57 bits per heavy atom. The summed E-state index contributed by atoms with van der Waals surface area (Å²) in [6.07, 6.45) is 6.06. The average molecular weight is 813 g/mol. The smallest absolute Gasteiger partial charge is 0.407 e. The fourth-order valence-corrected chi connectivity index (χ4v) is 9.68. The van der Waals surface area contributed by atoms with E-state index < -0.39 is 24.3 Å². The highest BCUT2D eigenvalue weighted by Gasteiger charge is 2.57. The molecule has 4 N–H and O–H groups in total. The van der Waals surface area contributed by atoms with E-state index in [0.717, 1.165) is 81.7 Å². The molecule has 4 heterocycles. The Hall–Kier alpha value is -6.18. The Morgan fingerprint density at radius 2 is 1.07 bits per heavy atom. The van der Waals surface area contributed by atoms with Crippen molar-refractivity contribution in [2.45, 2.75) is 89.6 Å². The molecule has 2 aliphatic heterocycles. The third kappa shape index (κ3) is 7.05. The summed E-state index contributed by atoms with van der Waals surface area (Å²) in [6.45, 7) is 7.69. The van der Waals surface area contributed by atoms with E-state index in [2.05, 4.69) is 81.3 Å². The second kappa shape index (κ2) is 15.4. The normalized spacial score (nSPS) is 23.6. The van der Waals surface area contributed by atoms with Gasteiger partial charge in [-0.2, -0.15) is 0 Å². The number of hydrogen-bond donors (Lipinski definition) is 4. The van der Waals surface area contributed by atoms with Gasteiger partial charge in [-0.3, -0.25) is 9.59 Å². The Labute approximate surface area is 348 Å². The molecule has 4 aliphatic rings. The molecule has 2 saturated carbocycles. The molecule has 14 nitrogen and oxygen atoms in total. The summed E-state index contributed by atoms with van der Waals surface area (Å²) in [4.78, 5) is 72.6. The van der Waals surface area contributed by atoms with Crippen LogP contribution in [-0.2, 0) is 19.1 Å². The lowest BCUT2D eigenvalue weighted by atomic mass is 9.94. The number of imidazole rings is 2. The molecule has 9 rings (SSSR count).